The van der Waals surface area contributed by atoms with Gasteiger partial charge in [0.1, 0.15) is 22.6 Å². The third kappa shape index (κ3) is 2.92. The standard InChI is InChI=1S/C17H19NO9/c1-8-7-18-12(16(22)26-6)10(14(20)24-4)9(13(19)23-3)11(15(21)25-5)17(18,2)27-8/h7H,1-6H3. The maximum absolute atomic E-state index is 12.5. The monoisotopic (exact) mass is 381 g/mol. The molecule has 146 valence electrons. The van der Waals surface area contributed by atoms with Crippen molar-refractivity contribution in [2.45, 2.75) is 19.6 Å². The van der Waals surface area contributed by atoms with E-state index in [0.29, 0.717) is 5.76 Å². The van der Waals surface area contributed by atoms with Crippen molar-refractivity contribution in [1.82, 2.24) is 4.90 Å². The minimum absolute atomic E-state index is 0.315. The van der Waals surface area contributed by atoms with Gasteiger partial charge in [0.2, 0.25) is 5.72 Å². The van der Waals surface area contributed by atoms with Crippen molar-refractivity contribution in [3.63, 3.8) is 0 Å². The number of esters is 4. The van der Waals surface area contributed by atoms with Crippen LogP contribution in [0, 0.1) is 0 Å². The number of rotatable bonds is 4. The largest absolute Gasteiger partial charge is 0.466 e. The second-order valence-electron chi connectivity index (χ2n) is 5.63. The van der Waals surface area contributed by atoms with Crippen molar-refractivity contribution < 1.29 is 42.9 Å². The summed E-state index contributed by atoms with van der Waals surface area (Å²) in [6, 6.07) is 0. The van der Waals surface area contributed by atoms with E-state index in [4.69, 9.17) is 23.7 Å². The summed E-state index contributed by atoms with van der Waals surface area (Å²) in [6.07, 6.45) is 1.40. The third-order valence-corrected chi connectivity index (χ3v) is 4.12. The summed E-state index contributed by atoms with van der Waals surface area (Å²) in [4.78, 5) is 51.3. The molecule has 0 aliphatic carbocycles. The summed E-state index contributed by atoms with van der Waals surface area (Å²) in [5, 5.41) is 0. The van der Waals surface area contributed by atoms with Crippen molar-refractivity contribution in [2.75, 3.05) is 28.4 Å². The number of methoxy groups -OCH3 is 4. The molecule has 0 aromatic rings. The summed E-state index contributed by atoms with van der Waals surface area (Å²) in [7, 11) is 4.33. The molecule has 0 N–H and O–H groups in total. The molecule has 10 heteroatoms. The van der Waals surface area contributed by atoms with E-state index >= 15 is 0 Å². The van der Waals surface area contributed by atoms with Crippen LogP contribution in [0.5, 0.6) is 0 Å². The number of fused-ring (bicyclic) bond motifs is 1. The van der Waals surface area contributed by atoms with Crippen LogP contribution in [0.4, 0.5) is 0 Å². The molecule has 0 fully saturated rings. The lowest BCUT2D eigenvalue weighted by molar-refractivity contribution is -0.148. The highest BCUT2D eigenvalue weighted by Crippen LogP contribution is 2.46. The maximum Gasteiger partial charge on any atom is 0.355 e. The number of nitrogens with zero attached hydrogens (tertiary/aromatic N) is 1. The SMILES string of the molecule is COC(=O)C1=C(C(=O)OC)N2C=C(C)OC2(C)C(C(=O)OC)=C1C(=O)OC. The van der Waals surface area contributed by atoms with Gasteiger partial charge in [0.25, 0.3) is 0 Å². The average molecular weight is 381 g/mol. The molecule has 0 saturated heterocycles. The number of hydrogen-bond acceptors (Lipinski definition) is 10. The first-order valence-electron chi connectivity index (χ1n) is 7.67. The summed E-state index contributed by atoms with van der Waals surface area (Å²) < 4.78 is 24.7. The summed E-state index contributed by atoms with van der Waals surface area (Å²) in [5.74, 6) is -3.67. The van der Waals surface area contributed by atoms with E-state index in [1.807, 2.05) is 0 Å². The summed E-state index contributed by atoms with van der Waals surface area (Å²) in [6.45, 7) is 3.01. The number of carbonyl (C=O) groups is 4. The van der Waals surface area contributed by atoms with Crippen LogP contribution in [0.15, 0.2) is 34.4 Å². The van der Waals surface area contributed by atoms with Gasteiger partial charge in [-0.1, -0.05) is 0 Å². The second-order valence-corrected chi connectivity index (χ2v) is 5.63. The fourth-order valence-corrected chi connectivity index (χ4v) is 3.04. The van der Waals surface area contributed by atoms with Crippen molar-refractivity contribution in [3.05, 3.63) is 34.4 Å². The molecule has 0 aromatic heterocycles. The van der Waals surface area contributed by atoms with Crippen LogP contribution in [0.25, 0.3) is 0 Å². The third-order valence-electron chi connectivity index (χ3n) is 4.12. The van der Waals surface area contributed by atoms with Gasteiger partial charge in [0, 0.05) is 13.1 Å². The van der Waals surface area contributed by atoms with Crippen LogP contribution < -0.4 is 0 Å². The molecule has 10 nitrogen and oxygen atoms in total. The lowest BCUT2D eigenvalue weighted by Crippen LogP contribution is -2.52. The van der Waals surface area contributed by atoms with Gasteiger partial charge in [0.05, 0.1) is 34.0 Å². The van der Waals surface area contributed by atoms with E-state index in [2.05, 4.69) is 0 Å². The minimum atomic E-state index is -1.65. The Balaban J connectivity index is 3.02. The van der Waals surface area contributed by atoms with Gasteiger partial charge in [-0.2, -0.15) is 0 Å². The van der Waals surface area contributed by atoms with E-state index in [0.717, 1.165) is 28.4 Å². The molecule has 2 aliphatic rings. The van der Waals surface area contributed by atoms with E-state index < -0.39 is 40.7 Å². The summed E-state index contributed by atoms with van der Waals surface area (Å²) >= 11 is 0. The number of hydrogen-bond donors (Lipinski definition) is 0. The predicted molar refractivity (Wildman–Crippen MR) is 87.2 cm³/mol. The molecule has 27 heavy (non-hydrogen) atoms. The molecule has 0 radical (unpaired) electrons. The van der Waals surface area contributed by atoms with Crippen LogP contribution in [-0.4, -0.2) is 62.9 Å². The lowest BCUT2D eigenvalue weighted by Gasteiger charge is -2.40. The van der Waals surface area contributed by atoms with Crippen LogP contribution in [0.3, 0.4) is 0 Å². The van der Waals surface area contributed by atoms with Gasteiger partial charge in [0.15, 0.2) is 0 Å². The zero-order valence-corrected chi connectivity index (χ0v) is 15.7. The number of allylic oxidation sites excluding steroid dienone is 1. The molecular weight excluding hydrogens is 362 g/mol. The van der Waals surface area contributed by atoms with E-state index in [-0.39, 0.29) is 11.3 Å². The Labute approximate surface area is 154 Å². The fraction of sp³-hybridized carbons (Fsp3) is 0.412. The summed E-state index contributed by atoms with van der Waals surface area (Å²) in [5.41, 5.74) is -3.31. The van der Waals surface area contributed by atoms with Crippen molar-refractivity contribution in [1.29, 1.82) is 0 Å². The van der Waals surface area contributed by atoms with E-state index in [1.165, 1.54) is 18.0 Å². The molecule has 0 saturated carbocycles. The zero-order valence-electron chi connectivity index (χ0n) is 15.7. The van der Waals surface area contributed by atoms with Crippen molar-refractivity contribution in [3.8, 4) is 0 Å². The van der Waals surface area contributed by atoms with Gasteiger partial charge < -0.3 is 23.7 Å². The van der Waals surface area contributed by atoms with Crippen LogP contribution in [-0.2, 0) is 42.9 Å². The topological polar surface area (TPSA) is 118 Å². The number of ether oxygens (including phenoxy) is 5. The van der Waals surface area contributed by atoms with Crippen LogP contribution >= 0.6 is 0 Å². The first-order chi connectivity index (χ1) is 12.7. The molecule has 0 bridgehead atoms. The van der Waals surface area contributed by atoms with Crippen molar-refractivity contribution in [2.24, 2.45) is 0 Å². The molecule has 0 aromatic carbocycles. The fourth-order valence-electron chi connectivity index (χ4n) is 3.04. The Morgan fingerprint density at radius 1 is 0.852 bits per heavy atom. The van der Waals surface area contributed by atoms with Crippen molar-refractivity contribution >= 4 is 23.9 Å². The molecule has 2 heterocycles. The highest BCUT2D eigenvalue weighted by molar-refractivity contribution is 6.17. The Morgan fingerprint density at radius 3 is 1.81 bits per heavy atom. The Morgan fingerprint density at radius 2 is 1.33 bits per heavy atom. The molecule has 1 unspecified atom stereocenters. The van der Waals surface area contributed by atoms with E-state index in [9.17, 15) is 19.2 Å². The predicted octanol–water partition coefficient (Wildman–Crippen LogP) is 0.152. The first kappa shape index (κ1) is 20.0. The molecular formula is C17H19NO9. The first-order valence-corrected chi connectivity index (χ1v) is 7.67. The van der Waals surface area contributed by atoms with Crippen LogP contribution in [0.2, 0.25) is 0 Å². The van der Waals surface area contributed by atoms with Gasteiger partial charge in [-0.15, -0.1) is 0 Å². The molecule has 2 aliphatic heterocycles. The Bertz CT molecular complexity index is 820. The minimum Gasteiger partial charge on any atom is -0.466 e. The van der Waals surface area contributed by atoms with Gasteiger partial charge in [-0.3, -0.25) is 4.90 Å². The molecule has 0 amide bonds. The second kappa shape index (κ2) is 7.14. The van der Waals surface area contributed by atoms with Gasteiger partial charge in [-0.05, 0) is 6.92 Å². The van der Waals surface area contributed by atoms with E-state index in [1.54, 1.807) is 6.92 Å². The van der Waals surface area contributed by atoms with Gasteiger partial charge in [-0.25, -0.2) is 19.2 Å². The zero-order chi connectivity index (χ0) is 20.5. The quantitative estimate of drug-likeness (QED) is 0.492. The average Bonchev–Trinajstić information content (AvgIpc) is 2.97. The Kier molecular flexibility index (Phi) is 5.29. The highest BCUT2D eigenvalue weighted by Gasteiger charge is 2.56. The number of carbonyl (C=O) groups excluding carboxylic acids is 4. The smallest absolute Gasteiger partial charge is 0.355 e. The van der Waals surface area contributed by atoms with Gasteiger partial charge >= 0.3 is 23.9 Å². The van der Waals surface area contributed by atoms with Crippen LogP contribution in [0.1, 0.15) is 13.8 Å². The molecule has 2 rings (SSSR count). The maximum atomic E-state index is 12.5. The lowest BCUT2D eigenvalue weighted by atomic mass is 9.86. The normalized spacial score (nSPS) is 21.1. The molecule has 1 atom stereocenters. The highest BCUT2D eigenvalue weighted by atomic mass is 16.6. The Hall–Kier alpha value is -3.30. The molecule has 0 spiro atoms.